The van der Waals surface area contributed by atoms with Crippen LogP contribution >= 0.6 is 0 Å². The molecule has 1 rings (SSSR count). The van der Waals surface area contributed by atoms with Crippen molar-refractivity contribution in [2.45, 2.75) is 0 Å². The predicted octanol–water partition coefficient (Wildman–Crippen LogP) is 1.38. The molecule has 0 fully saturated rings. The summed E-state index contributed by atoms with van der Waals surface area (Å²) in [5.41, 5.74) is 0.677. The first-order valence-electron chi connectivity index (χ1n) is 5.48. The second kappa shape index (κ2) is 6.75. The molecule has 0 spiro atoms. The molecular formula is C12H19N3O2. The fourth-order valence-electron chi connectivity index (χ4n) is 1.34. The van der Waals surface area contributed by atoms with Crippen LogP contribution < -0.4 is 15.4 Å². The summed E-state index contributed by atoms with van der Waals surface area (Å²) in [6.45, 7) is 1.41. The molecule has 5 nitrogen and oxygen atoms in total. The highest BCUT2D eigenvalue weighted by Gasteiger charge is 2.10. The van der Waals surface area contributed by atoms with Crippen LogP contribution in [0.2, 0.25) is 0 Å². The van der Waals surface area contributed by atoms with E-state index in [0.29, 0.717) is 18.0 Å². The maximum atomic E-state index is 11.8. The minimum absolute atomic E-state index is 0.148. The molecule has 17 heavy (non-hydrogen) atoms. The van der Waals surface area contributed by atoms with Crippen LogP contribution in [0.25, 0.3) is 0 Å². The number of carbonyl (C=O) groups excluding carboxylic acids is 1. The maximum Gasteiger partial charge on any atom is 0.321 e. The highest BCUT2D eigenvalue weighted by atomic mass is 16.5. The van der Waals surface area contributed by atoms with Crippen molar-refractivity contribution in [1.82, 2.24) is 10.2 Å². The van der Waals surface area contributed by atoms with Gasteiger partial charge in [0.05, 0.1) is 12.8 Å². The molecule has 0 aliphatic carbocycles. The van der Waals surface area contributed by atoms with E-state index in [4.69, 9.17) is 4.74 Å². The molecule has 0 unspecified atom stereocenters. The van der Waals surface area contributed by atoms with Gasteiger partial charge >= 0.3 is 6.03 Å². The third kappa shape index (κ3) is 3.96. The Balaban J connectivity index is 2.61. The summed E-state index contributed by atoms with van der Waals surface area (Å²) in [7, 11) is 5.18. The number of hydrogen-bond donors (Lipinski definition) is 2. The van der Waals surface area contributed by atoms with Crippen LogP contribution in [-0.4, -0.2) is 45.2 Å². The van der Waals surface area contributed by atoms with E-state index in [1.54, 1.807) is 19.1 Å². The van der Waals surface area contributed by atoms with Crippen molar-refractivity contribution >= 4 is 11.7 Å². The Labute approximate surface area is 102 Å². The van der Waals surface area contributed by atoms with Gasteiger partial charge in [-0.05, 0) is 19.2 Å². The van der Waals surface area contributed by atoms with Crippen molar-refractivity contribution in [3.8, 4) is 5.75 Å². The lowest BCUT2D eigenvalue weighted by Crippen LogP contribution is -2.35. The molecule has 0 atom stereocenters. The van der Waals surface area contributed by atoms with E-state index in [-0.39, 0.29) is 6.03 Å². The summed E-state index contributed by atoms with van der Waals surface area (Å²) >= 11 is 0. The fourth-order valence-corrected chi connectivity index (χ4v) is 1.34. The van der Waals surface area contributed by atoms with Crippen LogP contribution in [0.15, 0.2) is 24.3 Å². The number of para-hydroxylation sites is 2. The summed E-state index contributed by atoms with van der Waals surface area (Å²) in [5.74, 6) is 0.655. The smallest absolute Gasteiger partial charge is 0.321 e. The Hall–Kier alpha value is -1.75. The standard InChI is InChI=1S/C12H19N3O2/c1-13-8-9-15(2)12(16)14-10-6-4-5-7-11(10)17-3/h4-7,13H,8-9H2,1-3H3,(H,14,16). The summed E-state index contributed by atoms with van der Waals surface area (Å²) in [5, 5.41) is 5.80. The topological polar surface area (TPSA) is 53.6 Å². The van der Waals surface area contributed by atoms with Gasteiger partial charge in [-0.2, -0.15) is 0 Å². The Kier molecular flexibility index (Phi) is 5.29. The van der Waals surface area contributed by atoms with Crippen LogP contribution in [0.4, 0.5) is 10.5 Å². The molecule has 0 saturated heterocycles. The first kappa shape index (κ1) is 13.3. The largest absolute Gasteiger partial charge is 0.495 e. The van der Waals surface area contributed by atoms with E-state index < -0.39 is 0 Å². The molecule has 0 bridgehead atoms. The first-order chi connectivity index (χ1) is 8.19. The number of hydrogen-bond acceptors (Lipinski definition) is 3. The number of nitrogens with zero attached hydrogens (tertiary/aromatic N) is 1. The average molecular weight is 237 g/mol. The molecule has 94 valence electrons. The van der Waals surface area contributed by atoms with Crippen molar-refractivity contribution in [2.75, 3.05) is 39.6 Å². The summed E-state index contributed by atoms with van der Waals surface area (Å²) in [6, 6.07) is 7.18. The number of carbonyl (C=O) groups is 1. The van der Waals surface area contributed by atoms with Gasteiger partial charge in [0.15, 0.2) is 0 Å². The molecule has 2 amide bonds. The van der Waals surface area contributed by atoms with Gasteiger partial charge in [0, 0.05) is 20.1 Å². The normalized spacial score (nSPS) is 9.82. The van der Waals surface area contributed by atoms with E-state index in [2.05, 4.69) is 10.6 Å². The minimum atomic E-state index is -0.148. The van der Waals surface area contributed by atoms with Crippen LogP contribution in [0, 0.1) is 0 Å². The van der Waals surface area contributed by atoms with Crippen molar-refractivity contribution in [3.63, 3.8) is 0 Å². The van der Waals surface area contributed by atoms with Crippen molar-refractivity contribution in [2.24, 2.45) is 0 Å². The van der Waals surface area contributed by atoms with E-state index in [0.717, 1.165) is 6.54 Å². The highest BCUT2D eigenvalue weighted by molar-refractivity contribution is 5.90. The zero-order valence-corrected chi connectivity index (χ0v) is 10.5. The van der Waals surface area contributed by atoms with Gasteiger partial charge in [-0.25, -0.2) is 4.79 Å². The van der Waals surface area contributed by atoms with Gasteiger partial charge < -0.3 is 20.3 Å². The van der Waals surface area contributed by atoms with E-state index in [1.165, 1.54) is 0 Å². The van der Waals surface area contributed by atoms with Gasteiger partial charge in [0.1, 0.15) is 5.75 Å². The zero-order valence-electron chi connectivity index (χ0n) is 10.5. The molecule has 5 heteroatoms. The Morgan fingerprint density at radius 3 is 2.76 bits per heavy atom. The molecule has 0 heterocycles. The second-order valence-corrected chi connectivity index (χ2v) is 3.66. The van der Waals surface area contributed by atoms with Gasteiger partial charge in [-0.1, -0.05) is 12.1 Å². The molecule has 1 aromatic rings. The van der Waals surface area contributed by atoms with Crippen LogP contribution in [0.5, 0.6) is 5.75 Å². The quantitative estimate of drug-likeness (QED) is 0.813. The summed E-state index contributed by atoms with van der Waals surface area (Å²) < 4.78 is 5.16. The maximum absolute atomic E-state index is 11.8. The van der Waals surface area contributed by atoms with Gasteiger partial charge in [0.25, 0.3) is 0 Å². The summed E-state index contributed by atoms with van der Waals surface area (Å²) in [6.07, 6.45) is 0. The SMILES string of the molecule is CNCCN(C)C(=O)Nc1ccccc1OC. The third-order valence-electron chi connectivity index (χ3n) is 2.39. The molecule has 0 aliphatic heterocycles. The molecule has 0 aliphatic rings. The average Bonchev–Trinajstić information content (AvgIpc) is 2.36. The fraction of sp³-hybridized carbons (Fsp3) is 0.417. The second-order valence-electron chi connectivity index (χ2n) is 3.66. The van der Waals surface area contributed by atoms with Crippen LogP contribution in [-0.2, 0) is 0 Å². The minimum Gasteiger partial charge on any atom is -0.495 e. The number of rotatable bonds is 5. The Morgan fingerprint density at radius 2 is 2.12 bits per heavy atom. The predicted molar refractivity (Wildman–Crippen MR) is 68.6 cm³/mol. The van der Waals surface area contributed by atoms with Gasteiger partial charge in [-0.3, -0.25) is 0 Å². The molecule has 0 aromatic heterocycles. The molecule has 2 N–H and O–H groups in total. The Morgan fingerprint density at radius 1 is 1.41 bits per heavy atom. The third-order valence-corrected chi connectivity index (χ3v) is 2.39. The number of likely N-dealkylation sites (N-methyl/N-ethyl adjacent to an activating group) is 2. The van der Waals surface area contributed by atoms with Gasteiger partial charge in [0.2, 0.25) is 0 Å². The Bertz CT molecular complexity index is 369. The zero-order chi connectivity index (χ0) is 12.7. The van der Waals surface area contributed by atoms with Crippen molar-refractivity contribution in [3.05, 3.63) is 24.3 Å². The lowest BCUT2D eigenvalue weighted by atomic mass is 10.3. The van der Waals surface area contributed by atoms with Crippen molar-refractivity contribution < 1.29 is 9.53 Å². The van der Waals surface area contributed by atoms with E-state index in [1.807, 2.05) is 31.3 Å². The number of benzene rings is 1. The van der Waals surface area contributed by atoms with Gasteiger partial charge in [-0.15, -0.1) is 0 Å². The molecule has 1 aromatic carbocycles. The van der Waals surface area contributed by atoms with Crippen LogP contribution in [0.3, 0.4) is 0 Å². The number of anilines is 1. The summed E-state index contributed by atoms with van der Waals surface area (Å²) in [4.78, 5) is 13.4. The highest BCUT2D eigenvalue weighted by Crippen LogP contribution is 2.23. The number of amides is 2. The van der Waals surface area contributed by atoms with E-state index >= 15 is 0 Å². The first-order valence-corrected chi connectivity index (χ1v) is 5.48. The number of urea groups is 1. The molecule has 0 radical (unpaired) electrons. The van der Waals surface area contributed by atoms with Crippen LogP contribution in [0.1, 0.15) is 0 Å². The van der Waals surface area contributed by atoms with Crippen molar-refractivity contribution in [1.29, 1.82) is 0 Å². The van der Waals surface area contributed by atoms with E-state index in [9.17, 15) is 4.79 Å². The molecular weight excluding hydrogens is 218 g/mol. The number of nitrogens with one attached hydrogen (secondary N) is 2. The number of methoxy groups -OCH3 is 1. The lowest BCUT2D eigenvalue weighted by Gasteiger charge is -2.18. The monoisotopic (exact) mass is 237 g/mol. The lowest BCUT2D eigenvalue weighted by molar-refractivity contribution is 0.222. The number of ether oxygens (including phenoxy) is 1. The molecule has 0 saturated carbocycles.